The molecule has 1 aromatic heterocycles. The maximum atomic E-state index is 13.0. The molecular weight excluding hydrogens is 275 g/mol. The van der Waals surface area contributed by atoms with Gasteiger partial charge < -0.3 is 5.32 Å². The summed E-state index contributed by atoms with van der Waals surface area (Å²) in [4.78, 5) is 4.17. The van der Waals surface area contributed by atoms with Gasteiger partial charge in [-0.15, -0.1) is 0 Å². The summed E-state index contributed by atoms with van der Waals surface area (Å²) in [5.41, 5.74) is 4.72. The van der Waals surface area contributed by atoms with Crippen molar-refractivity contribution >= 4 is 28.7 Å². The van der Waals surface area contributed by atoms with Crippen LogP contribution in [0.15, 0.2) is 53.8 Å². The number of anilines is 1. The molecule has 0 fully saturated rings. The first-order valence-electron chi connectivity index (χ1n) is 5.93. The average molecular weight is 288 g/mol. The van der Waals surface area contributed by atoms with E-state index in [0.29, 0.717) is 11.4 Å². The van der Waals surface area contributed by atoms with E-state index >= 15 is 0 Å². The zero-order valence-corrected chi connectivity index (χ0v) is 11.6. The molecule has 102 valence electrons. The quantitative estimate of drug-likeness (QED) is 0.518. The highest BCUT2D eigenvalue weighted by Crippen LogP contribution is 2.08. The first-order chi connectivity index (χ1) is 9.65. The van der Waals surface area contributed by atoms with E-state index < -0.39 is 0 Å². The highest BCUT2D eigenvalue weighted by molar-refractivity contribution is 7.80. The van der Waals surface area contributed by atoms with E-state index in [9.17, 15) is 4.39 Å². The molecule has 2 aromatic rings. The van der Waals surface area contributed by atoms with Crippen molar-refractivity contribution in [3.8, 4) is 0 Å². The third-order valence-corrected chi connectivity index (χ3v) is 2.64. The second-order valence-electron chi connectivity index (χ2n) is 3.99. The summed E-state index contributed by atoms with van der Waals surface area (Å²) in [6.07, 6.45) is 1.69. The number of benzene rings is 1. The number of nitrogens with zero attached hydrogens (tertiary/aromatic N) is 2. The van der Waals surface area contributed by atoms with E-state index in [0.717, 1.165) is 5.69 Å². The average Bonchev–Trinajstić information content (AvgIpc) is 2.46. The summed E-state index contributed by atoms with van der Waals surface area (Å²) in [5.74, 6) is -0.328. The largest absolute Gasteiger partial charge is 0.331 e. The van der Waals surface area contributed by atoms with Gasteiger partial charge in [0, 0.05) is 11.9 Å². The molecule has 0 radical (unpaired) electrons. The lowest BCUT2D eigenvalue weighted by Gasteiger charge is -2.07. The molecular formula is C14H13FN4S. The number of hydrogen-bond acceptors (Lipinski definition) is 3. The molecule has 0 amide bonds. The zero-order valence-electron chi connectivity index (χ0n) is 10.8. The first-order valence-corrected chi connectivity index (χ1v) is 6.34. The predicted octanol–water partition coefficient (Wildman–Crippen LogP) is 2.93. The number of pyridine rings is 1. The number of halogens is 1. The number of rotatable bonds is 3. The fourth-order valence-corrected chi connectivity index (χ4v) is 1.66. The minimum absolute atomic E-state index is 0.283. The van der Waals surface area contributed by atoms with Gasteiger partial charge in [0.15, 0.2) is 5.11 Å². The molecule has 0 bridgehead atoms. The number of aromatic nitrogens is 1. The van der Waals surface area contributed by atoms with Gasteiger partial charge in [-0.05, 0) is 49.5 Å². The highest BCUT2D eigenvalue weighted by atomic mass is 32.1. The third kappa shape index (κ3) is 4.10. The molecule has 1 aromatic carbocycles. The van der Waals surface area contributed by atoms with Crippen LogP contribution < -0.4 is 10.7 Å². The van der Waals surface area contributed by atoms with E-state index in [1.807, 2.05) is 25.1 Å². The lowest BCUT2D eigenvalue weighted by molar-refractivity contribution is 0.628. The van der Waals surface area contributed by atoms with E-state index in [4.69, 9.17) is 12.2 Å². The van der Waals surface area contributed by atoms with Crippen molar-refractivity contribution in [1.29, 1.82) is 0 Å². The Morgan fingerprint density at radius 2 is 2.10 bits per heavy atom. The van der Waals surface area contributed by atoms with Crippen molar-refractivity contribution < 1.29 is 4.39 Å². The monoisotopic (exact) mass is 288 g/mol. The van der Waals surface area contributed by atoms with E-state index in [2.05, 4.69) is 20.8 Å². The number of hydrazone groups is 1. The number of thiocarbonyl (C=S) groups is 1. The molecule has 1 heterocycles. The fraction of sp³-hybridized carbons (Fsp3) is 0.0714. The molecule has 6 heteroatoms. The van der Waals surface area contributed by atoms with Crippen molar-refractivity contribution in [2.45, 2.75) is 6.92 Å². The minimum atomic E-state index is -0.328. The summed E-state index contributed by atoms with van der Waals surface area (Å²) in [7, 11) is 0. The van der Waals surface area contributed by atoms with Crippen LogP contribution in [0.2, 0.25) is 0 Å². The highest BCUT2D eigenvalue weighted by Gasteiger charge is 2.00. The third-order valence-electron chi connectivity index (χ3n) is 2.44. The van der Waals surface area contributed by atoms with Crippen LogP contribution in [0, 0.1) is 5.82 Å². The van der Waals surface area contributed by atoms with Crippen molar-refractivity contribution in [2.75, 3.05) is 5.32 Å². The van der Waals surface area contributed by atoms with E-state index in [1.54, 1.807) is 18.3 Å². The van der Waals surface area contributed by atoms with Gasteiger partial charge >= 0.3 is 0 Å². The standard InChI is InChI=1S/C14H13FN4S/c1-10(13-7-2-3-8-16-13)18-19-14(20)17-12-6-4-5-11(15)9-12/h2-9H,1H3,(H2,17,19,20)/b18-10+. The molecule has 0 unspecified atom stereocenters. The molecule has 2 rings (SSSR count). The Balaban J connectivity index is 1.95. The minimum Gasteiger partial charge on any atom is -0.331 e. The van der Waals surface area contributed by atoms with Gasteiger partial charge in [-0.2, -0.15) is 5.10 Å². The second kappa shape index (κ2) is 6.72. The predicted molar refractivity (Wildman–Crippen MR) is 82.2 cm³/mol. The summed E-state index contributed by atoms with van der Waals surface area (Å²) < 4.78 is 13.0. The normalized spacial score (nSPS) is 11.0. The van der Waals surface area contributed by atoms with Crippen LogP contribution in [0.3, 0.4) is 0 Å². The van der Waals surface area contributed by atoms with Crippen molar-refractivity contribution in [3.63, 3.8) is 0 Å². The lowest BCUT2D eigenvalue weighted by atomic mass is 10.3. The summed E-state index contributed by atoms with van der Waals surface area (Å²) in [6, 6.07) is 11.6. The Morgan fingerprint density at radius 3 is 2.80 bits per heavy atom. The van der Waals surface area contributed by atoms with Crippen molar-refractivity contribution in [1.82, 2.24) is 10.4 Å². The lowest BCUT2D eigenvalue weighted by Crippen LogP contribution is -2.25. The smallest absolute Gasteiger partial charge is 0.191 e. The van der Waals surface area contributed by atoms with Crippen LogP contribution in [-0.2, 0) is 0 Å². The van der Waals surface area contributed by atoms with Crippen molar-refractivity contribution in [3.05, 3.63) is 60.2 Å². The molecule has 0 atom stereocenters. The molecule has 0 saturated heterocycles. The van der Waals surface area contributed by atoms with Crippen LogP contribution >= 0.6 is 12.2 Å². The Kier molecular flexibility index (Phi) is 4.73. The van der Waals surface area contributed by atoms with Crippen molar-refractivity contribution in [2.24, 2.45) is 5.10 Å². The van der Waals surface area contributed by atoms with Gasteiger partial charge in [-0.1, -0.05) is 12.1 Å². The topological polar surface area (TPSA) is 49.3 Å². The van der Waals surface area contributed by atoms with Crippen LogP contribution in [-0.4, -0.2) is 15.8 Å². The maximum Gasteiger partial charge on any atom is 0.191 e. The molecule has 0 aliphatic heterocycles. The SMILES string of the molecule is C/C(=N\NC(=S)Nc1cccc(F)c1)c1ccccn1. The van der Waals surface area contributed by atoms with E-state index in [1.165, 1.54) is 12.1 Å². The molecule has 0 aliphatic carbocycles. The van der Waals surface area contributed by atoms with Crippen LogP contribution in [0.5, 0.6) is 0 Å². The van der Waals surface area contributed by atoms with Gasteiger partial charge in [0.05, 0.1) is 11.4 Å². The van der Waals surface area contributed by atoms with Gasteiger partial charge in [0.1, 0.15) is 5.82 Å². The molecule has 0 spiro atoms. The molecule has 20 heavy (non-hydrogen) atoms. The summed E-state index contributed by atoms with van der Waals surface area (Å²) in [6.45, 7) is 1.82. The van der Waals surface area contributed by atoms with E-state index in [-0.39, 0.29) is 10.9 Å². The van der Waals surface area contributed by atoms with Crippen LogP contribution in [0.25, 0.3) is 0 Å². The van der Waals surface area contributed by atoms with Gasteiger partial charge in [0.25, 0.3) is 0 Å². The Bertz CT molecular complexity index is 628. The summed E-state index contributed by atoms with van der Waals surface area (Å²) in [5, 5.41) is 7.25. The Morgan fingerprint density at radius 1 is 1.25 bits per heavy atom. The molecule has 4 nitrogen and oxygen atoms in total. The molecule has 0 saturated carbocycles. The fourth-order valence-electron chi connectivity index (χ4n) is 1.49. The number of hydrogen-bond donors (Lipinski definition) is 2. The maximum absolute atomic E-state index is 13.0. The molecule has 0 aliphatic rings. The molecule has 2 N–H and O–H groups in total. The zero-order chi connectivity index (χ0) is 14.4. The number of nitrogens with one attached hydrogen (secondary N) is 2. The van der Waals surface area contributed by atoms with Gasteiger partial charge in [-0.25, -0.2) is 4.39 Å². The first kappa shape index (κ1) is 14.1. The van der Waals surface area contributed by atoms with Crippen LogP contribution in [0.4, 0.5) is 10.1 Å². The Labute approximate surface area is 121 Å². The van der Waals surface area contributed by atoms with Gasteiger partial charge in [0.2, 0.25) is 0 Å². The second-order valence-corrected chi connectivity index (χ2v) is 4.40. The Hall–Kier alpha value is -2.34. The summed E-state index contributed by atoms with van der Waals surface area (Å²) >= 11 is 5.08. The van der Waals surface area contributed by atoms with Crippen LogP contribution in [0.1, 0.15) is 12.6 Å². The van der Waals surface area contributed by atoms with Gasteiger partial charge in [-0.3, -0.25) is 10.4 Å².